The smallest absolute Gasteiger partial charge is 0.257 e. The maximum atomic E-state index is 12.6. The first-order valence-electron chi connectivity index (χ1n) is 8.94. The van der Waals surface area contributed by atoms with E-state index in [0.717, 1.165) is 18.8 Å². The fourth-order valence-corrected chi connectivity index (χ4v) is 3.17. The van der Waals surface area contributed by atoms with Crippen molar-refractivity contribution in [3.63, 3.8) is 0 Å². The van der Waals surface area contributed by atoms with E-state index in [2.05, 4.69) is 15.2 Å². The highest BCUT2D eigenvalue weighted by atomic mass is 16.5. The number of hydrogen-bond acceptors (Lipinski definition) is 5. The third-order valence-electron chi connectivity index (χ3n) is 4.60. The van der Waals surface area contributed by atoms with Gasteiger partial charge in [-0.3, -0.25) is 9.78 Å². The van der Waals surface area contributed by atoms with Crippen LogP contribution in [0.2, 0.25) is 0 Å². The van der Waals surface area contributed by atoms with Crippen LogP contribution in [0.4, 0.5) is 11.4 Å². The molecule has 1 N–H and O–H groups in total. The number of rotatable bonds is 5. The molecular formula is C20H25N3O3. The van der Waals surface area contributed by atoms with Crippen LogP contribution in [0.15, 0.2) is 36.7 Å². The van der Waals surface area contributed by atoms with Gasteiger partial charge in [0.2, 0.25) is 0 Å². The minimum atomic E-state index is -0.193. The van der Waals surface area contributed by atoms with Gasteiger partial charge in [-0.1, -0.05) is 12.8 Å². The topological polar surface area (TPSA) is 63.7 Å². The number of carbonyl (C=O) groups is 1. The number of pyridine rings is 1. The summed E-state index contributed by atoms with van der Waals surface area (Å²) in [5, 5.41) is 2.89. The average Bonchev–Trinajstić information content (AvgIpc) is 2.97. The Bertz CT molecular complexity index is 756. The van der Waals surface area contributed by atoms with E-state index in [1.54, 1.807) is 38.6 Å². The van der Waals surface area contributed by atoms with E-state index >= 15 is 0 Å². The number of hydrogen-bond donors (Lipinski definition) is 1. The van der Waals surface area contributed by atoms with Crippen molar-refractivity contribution in [1.82, 2.24) is 4.98 Å². The Morgan fingerprint density at radius 3 is 2.42 bits per heavy atom. The molecule has 26 heavy (non-hydrogen) atoms. The van der Waals surface area contributed by atoms with Crippen LogP contribution in [-0.2, 0) is 0 Å². The minimum Gasteiger partial charge on any atom is -0.493 e. The maximum Gasteiger partial charge on any atom is 0.257 e. The van der Waals surface area contributed by atoms with Gasteiger partial charge in [-0.05, 0) is 31.0 Å². The van der Waals surface area contributed by atoms with Crippen molar-refractivity contribution in [3.8, 4) is 11.5 Å². The zero-order valence-electron chi connectivity index (χ0n) is 15.3. The van der Waals surface area contributed by atoms with Crippen molar-refractivity contribution in [3.05, 3.63) is 42.2 Å². The summed E-state index contributed by atoms with van der Waals surface area (Å²) in [5.41, 5.74) is 2.20. The zero-order valence-corrected chi connectivity index (χ0v) is 15.3. The second-order valence-corrected chi connectivity index (χ2v) is 6.36. The molecule has 2 heterocycles. The number of ether oxygens (including phenoxy) is 2. The number of aromatic nitrogens is 1. The van der Waals surface area contributed by atoms with Gasteiger partial charge in [0.1, 0.15) is 0 Å². The van der Waals surface area contributed by atoms with Crippen LogP contribution in [0, 0.1) is 0 Å². The molecule has 138 valence electrons. The molecule has 1 aliphatic rings. The van der Waals surface area contributed by atoms with E-state index in [9.17, 15) is 4.79 Å². The number of amides is 1. The third-order valence-corrected chi connectivity index (χ3v) is 4.60. The lowest BCUT2D eigenvalue weighted by Gasteiger charge is -2.22. The van der Waals surface area contributed by atoms with Crippen molar-refractivity contribution in [2.45, 2.75) is 25.7 Å². The van der Waals surface area contributed by atoms with Gasteiger partial charge < -0.3 is 19.7 Å². The van der Waals surface area contributed by atoms with Gasteiger partial charge in [0, 0.05) is 31.0 Å². The molecule has 1 amide bonds. The van der Waals surface area contributed by atoms with Crippen LogP contribution < -0.4 is 19.7 Å². The molecule has 0 radical (unpaired) electrons. The van der Waals surface area contributed by atoms with E-state index in [-0.39, 0.29) is 5.91 Å². The number of nitrogens with one attached hydrogen (secondary N) is 1. The first kappa shape index (κ1) is 18.0. The molecule has 1 aliphatic heterocycles. The Kier molecular flexibility index (Phi) is 5.94. The maximum absolute atomic E-state index is 12.6. The summed E-state index contributed by atoms with van der Waals surface area (Å²) >= 11 is 0. The monoisotopic (exact) mass is 355 g/mol. The molecule has 1 fully saturated rings. The second kappa shape index (κ2) is 8.56. The highest BCUT2D eigenvalue weighted by Gasteiger charge is 2.14. The quantitative estimate of drug-likeness (QED) is 0.885. The molecule has 6 nitrogen and oxygen atoms in total. The highest BCUT2D eigenvalue weighted by Crippen LogP contribution is 2.30. The summed E-state index contributed by atoms with van der Waals surface area (Å²) in [4.78, 5) is 19.2. The van der Waals surface area contributed by atoms with Crippen molar-refractivity contribution >= 4 is 17.3 Å². The third kappa shape index (κ3) is 4.25. The predicted molar refractivity (Wildman–Crippen MR) is 102 cm³/mol. The van der Waals surface area contributed by atoms with E-state index < -0.39 is 0 Å². The van der Waals surface area contributed by atoms with Crippen LogP contribution in [0.1, 0.15) is 36.0 Å². The Morgan fingerprint density at radius 1 is 1.00 bits per heavy atom. The Balaban J connectivity index is 1.74. The summed E-state index contributed by atoms with van der Waals surface area (Å²) in [6.07, 6.45) is 8.33. The van der Waals surface area contributed by atoms with Gasteiger partial charge in [0.05, 0.1) is 31.7 Å². The molecule has 0 aliphatic carbocycles. The van der Waals surface area contributed by atoms with Gasteiger partial charge >= 0.3 is 0 Å². The molecule has 3 rings (SSSR count). The Morgan fingerprint density at radius 2 is 1.73 bits per heavy atom. The van der Waals surface area contributed by atoms with Crippen LogP contribution >= 0.6 is 0 Å². The van der Waals surface area contributed by atoms with Crippen LogP contribution in [0.5, 0.6) is 11.5 Å². The molecule has 6 heteroatoms. The standard InChI is InChI=1S/C20H25N3O3/c1-25-18-8-7-16(12-19(18)26-2)22-20(24)15-11-17(14-21-13-15)23-9-5-3-4-6-10-23/h7-8,11-14H,3-6,9-10H2,1-2H3,(H,22,24). The number of anilines is 2. The highest BCUT2D eigenvalue weighted by molar-refractivity contribution is 6.04. The lowest BCUT2D eigenvalue weighted by molar-refractivity contribution is 0.102. The van der Waals surface area contributed by atoms with Gasteiger partial charge in [0.25, 0.3) is 5.91 Å². The molecule has 0 bridgehead atoms. The van der Waals surface area contributed by atoms with E-state index in [1.807, 2.05) is 12.3 Å². The zero-order chi connectivity index (χ0) is 18.4. The average molecular weight is 355 g/mol. The van der Waals surface area contributed by atoms with E-state index in [1.165, 1.54) is 25.7 Å². The molecule has 0 atom stereocenters. The SMILES string of the molecule is COc1ccc(NC(=O)c2cncc(N3CCCCCC3)c2)cc1OC. The van der Waals surface area contributed by atoms with Crippen molar-refractivity contribution < 1.29 is 14.3 Å². The van der Waals surface area contributed by atoms with Crippen LogP contribution in [0.25, 0.3) is 0 Å². The lowest BCUT2D eigenvalue weighted by Crippen LogP contribution is -2.24. The van der Waals surface area contributed by atoms with Crippen LogP contribution in [0.3, 0.4) is 0 Å². The summed E-state index contributed by atoms with van der Waals surface area (Å²) < 4.78 is 10.5. The minimum absolute atomic E-state index is 0.193. The number of benzene rings is 1. The van der Waals surface area contributed by atoms with Crippen molar-refractivity contribution in [2.75, 3.05) is 37.5 Å². The van der Waals surface area contributed by atoms with E-state index in [4.69, 9.17) is 9.47 Å². The molecule has 0 spiro atoms. The fourth-order valence-electron chi connectivity index (χ4n) is 3.17. The Labute approximate surface area is 154 Å². The normalized spacial score (nSPS) is 14.5. The summed E-state index contributed by atoms with van der Waals surface area (Å²) in [6, 6.07) is 7.20. The Hall–Kier alpha value is -2.76. The molecule has 1 aromatic heterocycles. The van der Waals surface area contributed by atoms with Crippen molar-refractivity contribution in [1.29, 1.82) is 0 Å². The van der Waals surface area contributed by atoms with Gasteiger partial charge in [-0.15, -0.1) is 0 Å². The number of nitrogens with zero attached hydrogens (tertiary/aromatic N) is 2. The summed E-state index contributed by atoms with van der Waals surface area (Å²) in [6.45, 7) is 2.03. The second-order valence-electron chi connectivity index (χ2n) is 6.36. The lowest BCUT2D eigenvalue weighted by atomic mass is 10.2. The number of carbonyl (C=O) groups excluding carboxylic acids is 1. The first-order chi connectivity index (χ1) is 12.7. The molecule has 2 aromatic rings. The fraction of sp³-hybridized carbons (Fsp3) is 0.400. The van der Waals surface area contributed by atoms with Crippen LogP contribution in [-0.4, -0.2) is 38.2 Å². The molecule has 1 saturated heterocycles. The molecule has 0 saturated carbocycles. The summed E-state index contributed by atoms with van der Waals surface area (Å²) in [5.74, 6) is 0.999. The summed E-state index contributed by atoms with van der Waals surface area (Å²) in [7, 11) is 3.15. The van der Waals surface area contributed by atoms with Gasteiger partial charge in [-0.2, -0.15) is 0 Å². The first-order valence-corrected chi connectivity index (χ1v) is 8.94. The van der Waals surface area contributed by atoms with Crippen molar-refractivity contribution in [2.24, 2.45) is 0 Å². The molecular weight excluding hydrogens is 330 g/mol. The van der Waals surface area contributed by atoms with E-state index in [0.29, 0.717) is 22.7 Å². The largest absolute Gasteiger partial charge is 0.493 e. The molecule has 0 unspecified atom stereocenters. The molecule has 1 aromatic carbocycles. The number of methoxy groups -OCH3 is 2. The van der Waals surface area contributed by atoms with Gasteiger partial charge in [-0.25, -0.2) is 0 Å². The van der Waals surface area contributed by atoms with Gasteiger partial charge in [0.15, 0.2) is 11.5 Å². The predicted octanol–water partition coefficient (Wildman–Crippen LogP) is 3.73.